The molecule has 1 unspecified atom stereocenters. The number of benzene rings is 1. The summed E-state index contributed by atoms with van der Waals surface area (Å²) >= 11 is 0. The van der Waals surface area contributed by atoms with E-state index in [0.29, 0.717) is 29.9 Å². The summed E-state index contributed by atoms with van der Waals surface area (Å²) < 4.78 is 5.23. The number of carbonyl (C=O) groups excluding carboxylic acids is 1. The predicted octanol–water partition coefficient (Wildman–Crippen LogP) is 3.77. The summed E-state index contributed by atoms with van der Waals surface area (Å²) in [5, 5.41) is 3.21. The van der Waals surface area contributed by atoms with Crippen LogP contribution in [0.1, 0.15) is 32.6 Å². The van der Waals surface area contributed by atoms with E-state index < -0.39 is 6.09 Å². The number of amides is 1. The molecule has 0 aliphatic carbocycles. The molecule has 2 atom stereocenters. The quantitative estimate of drug-likeness (QED) is 0.520. The molecule has 0 spiro atoms. The van der Waals surface area contributed by atoms with Crippen molar-refractivity contribution >= 4 is 34.9 Å². The maximum Gasteiger partial charge on any atom is 0.415 e. The molecule has 1 saturated heterocycles. The van der Waals surface area contributed by atoms with E-state index in [1.807, 2.05) is 57.0 Å². The van der Waals surface area contributed by atoms with Gasteiger partial charge in [-0.3, -0.25) is 4.90 Å². The van der Waals surface area contributed by atoms with Gasteiger partial charge in [-0.25, -0.2) is 19.7 Å². The Morgan fingerprint density at radius 2 is 1.79 bits per heavy atom. The fourth-order valence-electron chi connectivity index (χ4n) is 3.58. The number of aromatic nitrogens is 4. The molecule has 3 heterocycles. The van der Waals surface area contributed by atoms with E-state index >= 15 is 0 Å². The van der Waals surface area contributed by atoms with Crippen molar-refractivity contribution in [1.82, 2.24) is 19.9 Å². The van der Waals surface area contributed by atoms with Crippen molar-refractivity contribution in [3.63, 3.8) is 0 Å². The topological polar surface area (TPSA) is 122 Å². The minimum atomic E-state index is -0.393. The van der Waals surface area contributed by atoms with Gasteiger partial charge in [0, 0.05) is 24.6 Å². The average Bonchev–Trinajstić information content (AvgIpc) is 3.21. The Morgan fingerprint density at radius 1 is 1.09 bits per heavy atom. The molecule has 33 heavy (non-hydrogen) atoms. The van der Waals surface area contributed by atoms with E-state index in [2.05, 4.69) is 25.3 Å². The van der Waals surface area contributed by atoms with Crippen molar-refractivity contribution in [2.75, 3.05) is 34.5 Å². The molecule has 1 aromatic carbocycles. The van der Waals surface area contributed by atoms with Gasteiger partial charge in [0.05, 0.1) is 30.2 Å². The summed E-state index contributed by atoms with van der Waals surface area (Å²) in [6.07, 6.45) is 4.75. The Bertz CT molecular complexity index is 1100. The van der Waals surface area contributed by atoms with E-state index in [1.165, 1.54) is 0 Å². The lowest BCUT2D eigenvalue weighted by Crippen LogP contribution is -2.37. The molecule has 10 nitrogen and oxygen atoms in total. The first kappa shape index (κ1) is 22.3. The van der Waals surface area contributed by atoms with Crippen LogP contribution in [-0.2, 0) is 4.74 Å². The van der Waals surface area contributed by atoms with Crippen LogP contribution in [0.5, 0.6) is 0 Å². The monoisotopic (exact) mass is 448 g/mol. The lowest BCUT2D eigenvalue weighted by molar-refractivity contribution is 0.177. The van der Waals surface area contributed by atoms with Crippen LogP contribution in [0.25, 0.3) is 0 Å². The van der Waals surface area contributed by atoms with Crippen molar-refractivity contribution in [1.29, 1.82) is 0 Å². The van der Waals surface area contributed by atoms with Gasteiger partial charge in [0.2, 0.25) is 5.95 Å². The normalized spacial score (nSPS) is 16.6. The molecule has 1 aliphatic rings. The van der Waals surface area contributed by atoms with Gasteiger partial charge < -0.3 is 20.7 Å². The van der Waals surface area contributed by atoms with Crippen molar-refractivity contribution in [2.24, 2.45) is 5.92 Å². The molecule has 0 bridgehead atoms. The van der Waals surface area contributed by atoms with Gasteiger partial charge in [-0.05, 0) is 43.2 Å². The highest BCUT2D eigenvalue weighted by Crippen LogP contribution is 2.27. The molecule has 2 aromatic heterocycles. The van der Waals surface area contributed by atoms with E-state index in [9.17, 15) is 4.79 Å². The molecule has 1 fully saturated rings. The summed E-state index contributed by atoms with van der Waals surface area (Å²) in [4.78, 5) is 33.6. The van der Waals surface area contributed by atoms with Gasteiger partial charge in [0.25, 0.3) is 0 Å². The number of nitrogens with one attached hydrogen (secondary N) is 1. The van der Waals surface area contributed by atoms with Crippen LogP contribution in [0.15, 0.2) is 48.9 Å². The Labute approximate surface area is 192 Å². The minimum Gasteiger partial charge on any atom is -0.447 e. The zero-order valence-corrected chi connectivity index (χ0v) is 19.1. The summed E-state index contributed by atoms with van der Waals surface area (Å²) in [5.41, 5.74) is 8.31. The number of anilines is 5. The third-order valence-electron chi connectivity index (χ3n) is 5.62. The zero-order chi connectivity index (χ0) is 23.5. The molecule has 3 N–H and O–H groups in total. The number of nitrogens with two attached hydrogens (primary N) is 1. The zero-order valence-electron chi connectivity index (χ0n) is 19.1. The van der Waals surface area contributed by atoms with Gasteiger partial charge in [0.1, 0.15) is 18.2 Å². The molecular formula is C23H28N8O2. The van der Waals surface area contributed by atoms with E-state index in [-0.39, 0.29) is 18.0 Å². The van der Waals surface area contributed by atoms with Gasteiger partial charge in [0.15, 0.2) is 0 Å². The number of carbonyl (C=O) groups is 1. The van der Waals surface area contributed by atoms with Crippen LogP contribution in [-0.4, -0.2) is 45.7 Å². The number of hydrogen-bond donors (Lipinski definition) is 2. The number of rotatable bonds is 7. The summed E-state index contributed by atoms with van der Waals surface area (Å²) in [5.74, 6) is 1.72. The van der Waals surface area contributed by atoms with Crippen LogP contribution in [0.2, 0.25) is 0 Å². The first-order valence-corrected chi connectivity index (χ1v) is 10.8. The summed E-state index contributed by atoms with van der Waals surface area (Å²) in [6.45, 7) is 6.38. The maximum absolute atomic E-state index is 12.2. The molecule has 172 valence electrons. The fraction of sp³-hybridized carbons (Fsp3) is 0.348. The lowest BCUT2D eigenvalue weighted by atomic mass is 10.0. The van der Waals surface area contributed by atoms with Crippen LogP contribution < -0.4 is 20.9 Å². The molecule has 1 amide bonds. The Kier molecular flexibility index (Phi) is 6.25. The Hall–Kier alpha value is -3.95. The molecule has 3 aromatic rings. The second-order valence-corrected chi connectivity index (χ2v) is 8.31. The fourth-order valence-corrected chi connectivity index (χ4v) is 3.58. The van der Waals surface area contributed by atoms with Crippen molar-refractivity contribution in [3.05, 3.63) is 54.7 Å². The molecule has 1 aliphatic heterocycles. The summed E-state index contributed by atoms with van der Waals surface area (Å²) in [6, 6.07) is 8.99. The molecule has 10 heteroatoms. The molecule has 0 radical (unpaired) electrons. The van der Waals surface area contributed by atoms with Gasteiger partial charge >= 0.3 is 6.09 Å². The van der Waals surface area contributed by atoms with Crippen molar-refractivity contribution in [2.45, 2.75) is 32.9 Å². The maximum atomic E-state index is 12.2. The van der Waals surface area contributed by atoms with Crippen LogP contribution in [0.4, 0.5) is 33.6 Å². The van der Waals surface area contributed by atoms with Gasteiger partial charge in [-0.2, -0.15) is 4.98 Å². The van der Waals surface area contributed by atoms with Crippen LogP contribution in [0.3, 0.4) is 0 Å². The first-order valence-electron chi connectivity index (χ1n) is 10.8. The smallest absolute Gasteiger partial charge is 0.415 e. The average molecular weight is 449 g/mol. The molecule has 4 rings (SSSR count). The first-order chi connectivity index (χ1) is 15.8. The van der Waals surface area contributed by atoms with Crippen LogP contribution in [0, 0.1) is 5.92 Å². The largest absolute Gasteiger partial charge is 0.447 e. The number of nitrogen functional groups attached to an aromatic ring is 1. The Morgan fingerprint density at radius 3 is 2.45 bits per heavy atom. The molecule has 0 saturated carbocycles. The van der Waals surface area contributed by atoms with Crippen LogP contribution >= 0.6 is 0 Å². The molecular weight excluding hydrogens is 420 g/mol. The van der Waals surface area contributed by atoms with E-state index in [4.69, 9.17) is 10.5 Å². The summed E-state index contributed by atoms with van der Waals surface area (Å²) in [7, 11) is 1.94. The number of hydrogen-bond acceptors (Lipinski definition) is 9. The third kappa shape index (κ3) is 4.79. The van der Waals surface area contributed by atoms with Gasteiger partial charge in [-0.1, -0.05) is 13.8 Å². The highest BCUT2D eigenvalue weighted by molar-refractivity contribution is 5.89. The van der Waals surface area contributed by atoms with Crippen molar-refractivity contribution in [3.8, 4) is 0 Å². The number of nitrogens with zero attached hydrogens (tertiary/aromatic N) is 6. The van der Waals surface area contributed by atoms with E-state index in [0.717, 1.165) is 11.4 Å². The minimum absolute atomic E-state index is 0.0633. The third-order valence-corrected chi connectivity index (χ3v) is 5.62. The van der Waals surface area contributed by atoms with E-state index in [1.54, 1.807) is 29.6 Å². The standard InChI is InChI=1S/C23H28N8O2/c1-14(2)19-13-33-23(32)31(19)20-9-10-25-22(29-20)28-15(3)21-26-11-18(12-27-21)30(4)17-7-5-16(24)6-8-17/h5-12,14-15,19H,13,24H2,1-4H3,(H,25,28,29)/t15?,19-/m1/s1. The second kappa shape index (κ2) is 9.27. The highest BCUT2D eigenvalue weighted by atomic mass is 16.6. The SMILES string of the molecule is CC(Nc1nccc(N2C(=O)OC[C@@H]2C(C)C)n1)c1ncc(N(C)c2ccc(N)cc2)cn1. The van der Waals surface area contributed by atoms with Crippen molar-refractivity contribution < 1.29 is 9.53 Å². The Balaban J connectivity index is 1.46. The van der Waals surface area contributed by atoms with Gasteiger partial charge in [-0.15, -0.1) is 0 Å². The highest BCUT2D eigenvalue weighted by Gasteiger charge is 2.37. The second-order valence-electron chi connectivity index (χ2n) is 8.31. The number of cyclic esters (lactones) is 1. The number of ether oxygens (including phenoxy) is 1. The predicted molar refractivity (Wildman–Crippen MR) is 127 cm³/mol. The lowest BCUT2D eigenvalue weighted by Gasteiger charge is -2.23.